The fourth-order valence-electron chi connectivity index (χ4n) is 0.871. The van der Waals surface area contributed by atoms with Crippen LogP contribution in [0.15, 0.2) is 40.3 Å². The summed E-state index contributed by atoms with van der Waals surface area (Å²) in [5.41, 5.74) is 8.82. The first-order valence-electron chi connectivity index (χ1n) is 3.64. The average molecular weight is 209 g/mol. The van der Waals surface area contributed by atoms with Gasteiger partial charge in [-0.1, -0.05) is 24.8 Å². The van der Waals surface area contributed by atoms with Crippen molar-refractivity contribution in [3.05, 3.63) is 46.9 Å². The van der Waals surface area contributed by atoms with Gasteiger partial charge in [-0.15, -0.1) is 0 Å². The highest BCUT2D eigenvalue weighted by atomic mass is 32.2. The maximum Gasteiger partial charge on any atom is 0.264 e. The number of nitrogens with zero attached hydrogens (tertiary/aromatic N) is 3. The largest absolute Gasteiger partial charge is 0.264 e. The minimum Gasteiger partial charge on any atom is -0.216 e. The summed E-state index contributed by atoms with van der Waals surface area (Å²) in [6.45, 7) is 3.53. The number of sulfonamides is 1. The molecule has 0 aliphatic heterocycles. The smallest absolute Gasteiger partial charge is 0.216 e. The van der Waals surface area contributed by atoms with Crippen LogP contribution in [-0.4, -0.2) is 8.42 Å². The van der Waals surface area contributed by atoms with Crippen molar-refractivity contribution in [2.24, 2.45) is 4.52 Å². The molecule has 0 unspecified atom stereocenters. The minimum atomic E-state index is -3.86. The molecule has 0 bridgehead atoms. The third-order valence-electron chi connectivity index (χ3n) is 1.56. The van der Waals surface area contributed by atoms with Gasteiger partial charge in [-0.3, -0.25) is 0 Å². The van der Waals surface area contributed by atoms with Gasteiger partial charge in [-0.2, -0.15) is 0 Å². The molecule has 0 fully saturated rings. The summed E-state index contributed by atoms with van der Waals surface area (Å²) in [6, 6.07) is 5.88. The zero-order valence-electron chi connectivity index (χ0n) is 7.16. The Morgan fingerprint density at radius 2 is 1.93 bits per heavy atom. The third kappa shape index (κ3) is 2.12. The Hall–Kier alpha value is -1.78. The van der Waals surface area contributed by atoms with E-state index >= 15 is 0 Å². The van der Waals surface area contributed by atoms with Crippen LogP contribution in [0.3, 0.4) is 0 Å². The van der Waals surface area contributed by atoms with Gasteiger partial charge in [0.1, 0.15) is 0 Å². The summed E-state index contributed by atoms with van der Waals surface area (Å²) in [6.07, 6.45) is 1.59. The highest BCUT2D eigenvalue weighted by Gasteiger charge is 2.10. The van der Waals surface area contributed by atoms with Crippen molar-refractivity contribution in [3.8, 4) is 0 Å². The third-order valence-corrected chi connectivity index (χ3v) is 2.71. The molecule has 0 aliphatic rings. The number of benzene rings is 1. The van der Waals surface area contributed by atoms with Crippen molar-refractivity contribution in [3.63, 3.8) is 0 Å². The van der Waals surface area contributed by atoms with Crippen LogP contribution in [0.25, 0.3) is 16.5 Å². The molecule has 72 valence electrons. The fraction of sp³-hybridized carbons (Fsp3) is 0. The lowest BCUT2D eigenvalue weighted by atomic mass is 10.2. The van der Waals surface area contributed by atoms with Gasteiger partial charge in [-0.25, -0.2) is 8.42 Å². The zero-order chi connectivity index (χ0) is 10.6. The molecule has 6 heteroatoms. The molecule has 0 amide bonds. The summed E-state index contributed by atoms with van der Waals surface area (Å²) < 4.78 is 25.1. The molecule has 0 saturated heterocycles. The summed E-state index contributed by atoms with van der Waals surface area (Å²) in [4.78, 5) is 2.22. The Bertz CT molecular complexity index is 484. The summed E-state index contributed by atoms with van der Waals surface area (Å²) >= 11 is 0. The maximum absolute atomic E-state index is 11.2. The topological polar surface area (TPSA) is 82.9 Å². The molecule has 0 N–H and O–H groups in total. The number of hydrogen-bond donors (Lipinski definition) is 0. The first kappa shape index (κ1) is 10.3. The van der Waals surface area contributed by atoms with Gasteiger partial charge in [0.15, 0.2) is 0 Å². The first-order valence-corrected chi connectivity index (χ1v) is 5.08. The predicted octanol–water partition coefficient (Wildman–Crippen LogP) is 2.33. The summed E-state index contributed by atoms with van der Waals surface area (Å²) in [5.74, 6) is 0. The Morgan fingerprint density at radius 3 is 2.36 bits per heavy atom. The van der Waals surface area contributed by atoms with Crippen molar-refractivity contribution < 1.29 is 8.42 Å². The number of hydrogen-bond acceptors (Lipinski definition) is 2. The Morgan fingerprint density at radius 1 is 1.36 bits per heavy atom. The Kier molecular flexibility index (Phi) is 2.91. The van der Waals surface area contributed by atoms with Crippen LogP contribution in [0.2, 0.25) is 0 Å². The van der Waals surface area contributed by atoms with E-state index in [4.69, 9.17) is 5.53 Å². The maximum atomic E-state index is 11.2. The van der Waals surface area contributed by atoms with Crippen molar-refractivity contribution in [1.82, 2.24) is 0 Å². The van der Waals surface area contributed by atoms with Gasteiger partial charge < -0.3 is 0 Å². The molecule has 1 aromatic carbocycles. The van der Waals surface area contributed by atoms with E-state index in [1.165, 1.54) is 12.1 Å². The molecule has 0 saturated carbocycles. The molecule has 0 atom stereocenters. The van der Waals surface area contributed by atoms with Crippen molar-refractivity contribution in [1.29, 1.82) is 0 Å². The second-order valence-electron chi connectivity index (χ2n) is 2.42. The fourth-order valence-corrected chi connectivity index (χ4v) is 1.54. The van der Waals surface area contributed by atoms with Gasteiger partial charge in [0, 0.05) is 9.43 Å². The van der Waals surface area contributed by atoms with E-state index in [1.807, 2.05) is 0 Å². The Labute approximate surface area is 81.4 Å². The molecular formula is C8H7N3O2S. The molecule has 0 radical (unpaired) electrons. The quantitative estimate of drug-likeness (QED) is 0.434. The van der Waals surface area contributed by atoms with Crippen LogP contribution in [0.4, 0.5) is 0 Å². The molecule has 0 spiro atoms. The molecule has 0 heterocycles. The highest BCUT2D eigenvalue weighted by molar-refractivity contribution is 7.90. The van der Waals surface area contributed by atoms with Gasteiger partial charge >= 0.3 is 0 Å². The van der Waals surface area contributed by atoms with Gasteiger partial charge in [-0.05, 0) is 23.2 Å². The zero-order valence-corrected chi connectivity index (χ0v) is 7.98. The van der Waals surface area contributed by atoms with E-state index in [9.17, 15) is 8.42 Å². The van der Waals surface area contributed by atoms with Crippen molar-refractivity contribution in [2.75, 3.05) is 0 Å². The number of azide groups is 1. The first-order chi connectivity index (χ1) is 6.60. The molecular weight excluding hydrogens is 202 g/mol. The second-order valence-corrected chi connectivity index (χ2v) is 4.00. The molecule has 5 nitrogen and oxygen atoms in total. The molecule has 14 heavy (non-hydrogen) atoms. The molecule has 1 aromatic rings. The summed E-state index contributed by atoms with van der Waals surface area (Å²) in [5, 5.41) is 0. The van der Waals surface area contributed by atoms with Crippen LogP contribution in [0.5, 0.6) is 0 Å². The Balaban J connectivity index is 3.22. The second kappa shape index (κ2) is 3.95. The van der Waals surface area contributed by atoms with Crippen LogP contribution in [0, 0.1) is 0 Å². The van der Waals surface area contributed by atoms with E-state index in [2.05, 4.69) is 16.0 Å². The lowest BCUT2D eigenvalue weighted by Crippen LogP contribution is -1.94. The SMILES string of the molecule is C=Cc1ccc(S(=O)(=O)N=[N+]=[N-])cc1. The highest BCUT2D eigenvalue weighted by Crippen LogP contribution is 2.13. The lowest BCUT2D eigenvalue weighted by Gasteiger charge is -1.97. The van der Waals surface area contributed by atoms with Crippen molar-refractivity contribution in [2.45, 2.75) is 4.90 Å². The number of rotatable bonds is 3. The summed E-state index contributed by atoms with van der Waals surface area (Å²) in [7, 11) is -3.86. The minimum absolute atomic E-state index is 0.0269. The molecule has 0 aromatic heterocycles. The van der Waals surface area contributed by atoms with Crippen LogP contribution in [0.1, 0.15) is 5.56 Å². The van der Waals surface area contributed by atoms with Crippen LogP contribution < -0.4 is 0 Å². The van der Waals surface area contributed by atoms with Gasteiger partial charge in [0.05, 0.1) is 4.90 Å². The van der Waals surface area contributed by atoms with E-state index in [0.717, 1.165) is 5.56 Å². The van der Waals surface area contributed by atoms with Crippen LogP contribution >= 0.6 is 0 Å². The van der Waals surface area contributed by atoms with E-state index in [-0.39, 0.29) is 4.90 Å². The molecule has 1 rings (SSSR count). The van der Waals surface area contributed by atoms with E-state index < -0.39 is 10.0 Å². The monoisotopic (exact) mass is 209 g/mol. The average Bonchev–Trinajstić information content (AvgIpc) is 2.18. The van der Waals surface area contributed by atoms with E-state index in [1.54, 1.807) is 18.2 Å². The van der Waals surface area contributed by atoms with E-state index in [0.29, 0.717) is 0 Å². The molecule has 0 aliphatic carbocycles. The van der Waals surface area contributed by atoms with Gasteiger partial charge in [0.2, 0.25) is 0 Å². The standard InChI is InChI=1S/C8H7N3O2S/c1-2-7-3-5-8(6-4-7)14(12,13)11-10-9/h2-6H,1H2. The predicted molar refractivity (Wildman–Crippen MR) is 52.9 cm³/mol. The normalized spacial score (nSPS) is 10.3. The van der Waals surface area contributed by atoms with Crippen LogP contribution in [-0.2, 0) is 10.0 Å². The lowest BCUT2D eigenvalue weighted by molar-refractivity contribution is 0.597. The van der Waals surface area contributed by atoms with Crippen molar-refractivity contribution >= 4 is 16.1 Å². The van der Waals surface area contributed by atoms with Gasteiger partial charge in [0.25, 0.3) is 10.0 Å².